The molecule has 1 aliphatic rings. The lowest BCUT2D eigenvalue weighted by Gasteiger charge is -2.00. The summed E-state index contributed by atoms with van der Waals surface area (Å²) < 4.78 is 36.2. The predicted octanol–water partition coefficient (Wildman–Crippen LogP) is 0.671. The van der Waals surface area contributed by atoms with Crippen molar-refractivity contribution in [1.29, 1.82) is 0 Å². The van der Waals surface area contributed by atoms with Gasteiger partial charge in [-0.05, 0) is 6.08 Å². The second-order valence-corrected chi connectivity index (χ2v) is 2.80. The normalized spacial score (nSPS) is 22.6. The van der Waals surface area contributed by atoms with Crippen molar-refractivity contribution in [3.05, 3.63) is 23.6 Å². The van der Waals surface area contributed by atoms with Crippen molar-refractivity contribution in [2.45, 2.75) is 0 Å². The molecular formula is C4H3FO3S. The van der Waals surface area contributed by atoms with Crippen molar-refractivity contribution in [3.8, 4) is 0 Å². The molecule has 0 aromatic carbocycles. The van der Waals surface area contributed by atoms with E-state index in [-0.39, 0.29) is 0 Å². The van der Waals surface area contributed by atoms with E-state index in [1.54, 1.807) is 0 Å². The largest absolute Gasteiger partial charge is 0.349 e. The summed E-state index contributed by atoms with van der Waals surface area (Å²) in [4.78, 5) is 0. The predicted molar refractivity (Wildman–Crippen MR) is 28.3 cm³/mol. The zero-order valence-electron chi connectivity index (χ0n) is 4.24. The average Bonchev–Trinajstić information content (AvgIpc) is 1.60. The van der Waals surface area contributed by atoms with Crippen LogP contribution in [0.4, 0.5) is 4.39 Å². The third kappa shape index (κ3) is 1.53. The fourth-order valence-electron chi connectivity index (χ4n) is 0.378. The minimum Gasteiger partial charge on any atom is -0.349 e. The molecule has 1 aliphatic heterocycles. The van der Waals surface area contributed by atoms with Crippen LogP contribution in [0.5, 0.6) is 0 Å². The van der Waals surface area contributed by atoms with Gasteiger partial charge in [-0.15, -0.1) is 0 Å². The van der Waals surface area contributed by atoms with Crippen molar-refractivity contribution in [1.82, 2.24) is 0 Å². The maximum absolute atomic E-state index is 11.9. The van der Waals surface area contributed by atoms with E-state index in [4.69, 9.17) is 0 Å². The Bertz CT molecular complexity index is 262. The van der Waals surface area contributed by atoms with Crippen molar-refractivity contribution in [3.63, 3.8) is 0 Å². The molecule has 0 aliphatic carbocycles. The van der Waals surface area contributed by atoms with Crippen LogP contribution >= 0.6 is 0 Å². The summed E-state index contributed by atoms with van der Waals surface area (Å²) in [6.45, 7) is 0. The molecule has 0 unspecified atom stereocenters. The van der Waals surface area contributed by atoms with Gasteiger partial charge in [-0.2, -0.15) is 12.8 Å². The van der Waals surface area contributed by atoms with E-state index in [1.807, 2.05) is 0 Å². The lowest BCUT2D eigenvalue weighted by atomic mass is 10.6. The first kappa shape index (κ1) is 6.28. The maximum Gasteiger partial charge on any atom is 0.334 e. The van der Waals surface area contributed by atoms with Gasteiger partial charge in [-0.1, -0.05) is 0 Å². The van der Waals surface area contributed by atoms with Gasteiger partial charge in [-0.25, -0.2) is 0 Å². The van der Waals surface area contributed by atoms with Crippen LogP contribution in [0, 0.1) is 0 Å². The van der Waals surface area contributed by atoms with Gasteiger partial charge < -0.3 is 4.18 Å². The number of hydrogen-bond acceptors (Lipinski definition) is 3. The molecule has 0 amide bonds. The fourth-order valence-corrected chi connectivity index (χ4v) is 0.982. The van der Waals surface area contributed by atoms with Gasteiger partial charge in [0, 0.05) is 6.08 Å². The van der Waals surface area contributed by atoms with E-state index < -0.39 is 16.1 Å². The number of hydrogen-bond donors (Lipinski definition) is 0. The standard InChI is InChI=1S/C4H3FO3S/c5-4-2-1-3-9(6,7)8-4/h1-3H. The summed E-state index contributed by atoms with van der Waals surface area (Å²) in [6, 6.07) is -1.10. The molecule has 3 nitrogen and oxygen atoms in total. The summed E-state index contributed by atoms with van der Waals surface area (Å²) in [5.74, 6) is 0. The second-order valence-electron chi connectivity index (χ2n) is 1.38. The van der Waals surface area contributed by atoms with E-state index in [2.05, 4.69) is 4.18 Å². The first-order valence-electron chi connectivity index (χ1n) is 2.08. The van der Waals surface area contributed by atoms with Crippen molar-refractivity contribution >= 4 is 10.1 Å². The topological polar surface area (TPSA) is 43.4 Å². The number of rotatable bonds is 0. The van der Waals surface area contributed by atoms with Crippen LogP contribution in [0.3, 0.4) is 0 Å². The van der Waals surface area contributed by atoms with Crippen LogP contribution in [-0.4, -0.2) is 8.42 Å². The zero-order chi connectivity index (χ0) is 6.91. The van der Waals surface area contributed by atoms with E-state index in [0.717, 1.165) is 17.6 Å². The number of halogens is 1. The Balaban J connectivity index is 2.99. The highest BCUT2D eigenvalue weighted by molar-refractivity contribution is 7.89. The van der Waals surface area contributed by atoms with Gasteiger partial charge in [0.25, 0.3) is 6.01 Å². The summed E-state index contributed by atoms with van der Waals surface area (Å²) in [5, 5.41) is 0.774. The van der Waals surface area contributed by atoms with Gasteiger partial charge >= 0.3 is 10.1 Å². The molecule has 0 aromatic rings. The van der Waals surface area contributed by atoms with Crippen LogP contribution in [0.2, 0.25) is 0 Å². The molecule has 5 heteroatoms. The Morgan fingerprint density at radius 3 is 2.56 bits per heavy atom. The van der Waals surface area contributed by atoms with Gasteiger partial charge in [0.15, 0.2) is 0 Å². The Kier molecular flexibility index (Phi) is 1.28. The molecule has 0 bridgehead atoms. The molecule has 0 saturated carbocycles. The molecule has 0 spiro atoms. The lowest BCUT2D eigenvalue weighted by molar-refractivity contribution is 0.307. The van der Waals surface area contributed by atoms with Gasteiger partial charge in [0.05, 0.1) is 5.41 Å². The fraction of sp³-hybridized carbons (Fsp3) is 0. The highest BCUT2D eigenvalue weighted by Gasteiger charge is 2.12. The molecule has 0 radical (unpaired) electrons. The highest BCUT2D eigenvalue weighted by atomic mass is 32.2. The SMILES string of the molecule is O=S1(=O)C=CC=C(F)O1. The summed E-state index contributed by atoms with van der Waals surface area (Å²) >= 11 is 0. The lowest BCUT2D eigenvalue weighted by Crippen LogP contribution is -2.01. The molecule has 0 atom stereocenters. The molecule has 1 rings (SSSR count). The quantitative estimate of drug-likeness (QED) is 0.477. The Morgan fingerprint density at radius 1 is 1.56 bits per heavy atom. The van der Waals surface area contributed by atoms with Crippen LogP contribution in [0.1, 0.15) is 0 Å². The molecule has 9 heavy (non-hydrogen) atoms. The maximum atomic E-state index is 11.9. The van der Waals surface area contributed by atoms with Crippen molar-refractivity contribution < 1.29 is 17.0 Å². The van der Waals surface area contributed by atoms with Gasteiger partial charge in [0.2, 0.25) is 0 Å². The van der Waals surface area contributed by atoms with Gasteiger partial charge in [-0.3, -0.25) is 0 Å². The molecule has 0 aromatic heterocycles. The minimum absolute atomic E-state index is 0.774. The molecule has 0 fully saturated rings. The molecule has 0 saturated heterocycles. The van der Waals surface area contributed by atoms with E-state index in [0.29, 0.717) is 0 Å². The van der Waals surface area contributed by atoms with E-state index in [9.17, 15) is 12.8 Å². The van der Waals surface area contributed by atoms with Crippen LogP contribution in [-0.2, 0) is 14.3 Å². The van der Waals surface area contributed by atoms with Crippen molar-refractivity contribution in [2.75, 3.05) is 0 Å². The second kappa shape index (κ2) is 1.84. The summed E-state index contributed by atoms with van der Waals surface area (Å²) in [6.07, 6.45) is 1.98. The monoisotopic (exact) mass is 150 g/mol. The van der Waals surface area contributed by atoms with E-state index in [1.165, 1.54) is 0 Å². The molecular weight excluding hydrogens is 147 g/mol. The van der Waals surface area contributed by atoms with Crippen LogP contribution < -0.4 is 0 Å². The Morgan fingerprint density at radius 2 is 2.22 bits per heavy atom. The summed E-state index contributed by atoms with van der Waals surface area (Å²) in [7, 11) is -3.76. The minimum atomic E-state index is -3.76. The van der Waals surface area contributed by atoms with E-state index >= 15 is 0 Å². The molecule has 0 N–H and O–H groups in total. The van der Waals surface area contributed by atoms with Crippen LogP contribution in [0.15, 0.2) is 23.6 Å². The Hall–Kier alpha value is -0.840. The van der Waals surface area contributed by atoms with Crippen LogP contribution in [0.25, 0.3) is 0 Å². The third-order valence-electron chi connectivity index (χ3n) is 0.668. The molecule has 50 valence electrons. The Labute approximate surface area is 51.6 Å². The highest BCUT2D eigenvalue weighted by Crippen LogP contribution is 2.11. The third-order valence-corrected chi connectivity index (χ3v) is 1.55. The molecule has 1 heterocycles. The van der Waals surface area contributed by atoms with Crippen molar-refractivity contribution in [2.24, 2.45) is 0 Å². The smallest absolute Gasteiger partial charge is 0.334 e. The first-order chi connectivity index (χ1) is 4.10. The average molecular weight is 150 g/mol. The van der Waals surface area contributed by atoms with Gasteiger partial charge in [0.1, 0.15) is 0 Å². The summed E-state index contributed by atoms with van der Waals surface area (Å²) in [5.41, 5.74) is 0. The first-order valence-corrected chi connectivity index (χ1v) is 3.56. The number of allylic oxidation sites excluding steroid dienone is 2. The zero-order valence-corrected chi connectivity index (χ0v) is 5.06.